The van der Waals surface area contributed by atoms with Crippen molar-refractivity contribution >= 4 is 39.5 Å². The van der Waals surface area contributed by atoms with Crippen molar-refractivity contribution < 1.29 is 80.2 Å². The van der Waals surface area contributed by atoms with E-state index in [-0.39, 0.29) is 25.7 Å². The Hall–Kier alpha value is -5.06. The average molecular weight is 1410 g/mol. The van der Waals surface area contributed by atoms with Crippen molar-refractivity contribution in [3.63, 3.8) is 0 Å². The molecule has 0 amide bonds. The summed E-state index contributed by atoms with van der Waals surface area (Å²) in [6.45, 7) is 4.39. The van der Waals surface area contributed by atoms with E-state index >= 15 is 0 Å². The lowest BCUT2D eigenvalue weighted by Crippen LogP contribution is -2.30. The largest absolute Gasteiger partial charge is 0.472 e. The third-order valence-electron chi connectivity index (χ3n) is 14.8. The van der Waals surface area contributed by atoms with Gasteiger partial charge in [-0.25, -0.2) is 9.13 Å². The van der Waals surface area contributed by atoms with Gasteiger partial charge in [-0.15, -0.1) is 0 Å². The Bertz CT molecular complexity index is 2430. The molecule has 0 aromatic heterocycles. The number of esters is 4. The first-order valence-electron chi connectivity index (χ1n) is 37.1. The molecule has 0 saturated heterocycles. The quantitative estimate of drug-likeness (QED) is 0.0169. The number of phosphoric acid groups is 2. The van der Waals surface area contributed by atoms with Crippen LogP contribution in [0.15, 0.2) is 146 Å². The summed E-state index contributed by atoms with van der Waals surface area (Å²) in [6, 6.07) is 0. The molecule has 3 N–H and O–H groups in total. The minimum Gasteiger partial charge on any atom is -0.462 e. The Balaban J connectivity index is 5.48. The highest BCUT2D eigenvalue weighted by molar-refractivity contribution is 7.47. The minimum absolute atomic E-state index is 0.0123. The van der Waals surface area contributed by atoms with Gasteiger partial charge in [0.2, 0.25) is 0 Å². The van der Waals surface area contributed by atoms with Gasteiger partial charge < -0.3 is 33.8 Å². The summed E-state index contributed by atoms with van der Waals surface area (Å²) in [5.41, 5.74) is 0. The fraction of sp³-hybridized carbons (Fsp3) is 0.646. The van der Waals surface area contributed by atoms with E-state index in [4.69, 9.17) is 37.0 Å². The second-order valence-corrected chi connectivity index (χ2v) is 27.0. The second kappa shape index (κ2) is 70.4. The van der Waals surface area contributed by atoms with Gasteiger partial charge in [0.05, 0.1) is 32.8 Å². The normalized spacial score (nSPS) is 14.8. The summed E-state index contributed by atoms with van der Waals surface area (Å²) in [5.74, 6) is -2.44. The van der Waals surface area contributed by atoms with E-state index in [9.17, 15) is 43.2 Å². The maximum Gasteiger partial charge on any atom is 0.472 e. The summed E-state index contributed by atoms with van der Waals surface area (Å²) in [4.78, 5) is 72.6. The van der Waals surface area contributed by atoms with Crippen molar-refractivity contribution in [1.82, 2.24) is 0 Å². The third-order valence-corrected chi connectivity index (χ3v) is 16.7. The van der Waals surface area contributed by atoms with Gasteiger partial charge in [0.15, 0.2) is 12.2 Å². The van der Waals surface area contributed by atoms with Crippen LogP contribution in [-0.4, -0.2) is 96.7 Å². The van der Waals surface area contributed by atoms with Crippen molar-refractivity contribution in [3.8, 4) is 0 Å². The molecule has 5 atom stereocenters. The van der Waals surface area contributed by atoms with Crippen LogP contribution in [0.3, 0.4) is 0 Å². The number of hydrogen-bond donors (Lipinski definition) is 3. The molecule has 0 aromatic carbocycles. The predicted molar refractivity (Wildman–Crippen MR) is 399 cm³/mol. The topological polar surface area (TPSA) is 237 Å². The number of phosphoric ester groups is 2. The third kappa shape index (κ3) is 69.4. The van der Waals surface area contributed by atoms with Crippen molar-refractivity contribution in [2.75, 3.05) is 39.6 Å². The highest BCUT2D eigenvalue weighted by Crippen LogP contribution is 2.45. The van der Waals surface area contributed by atoms with Crippen molar-refractivity contribution in [1.29, 1.82) is 0 Å². The molecule has 0 aliphatic heterocycles. The molecule has 0 aromatic rings. The van der Waals surface area contributed by atoms with Crippen LogP contribution in [0.2, 0.25) is 0 Å². The lowest BCUT2D eigenvalue weighted by atomic mass is 10.1. The molecule has 19 heteroatoms. The Morgan fingerprint density at radius 1 is 0.306 bits per heavy atom. The second-order valence-electron chi connectivity index (χ2n) is 24.1. The lowest BCUT2D eigenvalue weighted by molar-refractivity contribution is -0.161. The molecule has 0 spiro atoms. The molecule has 98 heavy (non-hydrogen) atoms. The standard InChI is InChI=1S/C79H130O17P2/c1-5-9-13-17-21-25-29-32-34-35-36-37-39-41-45-48-52-56-60-64-77(82)90-70-75(96-79(84)66-62-58-54-50-46-42-38-33-30-26-22-18-14-10-6-2)72-94-98(87,88)92-68-73(80)67-91-97(85,86)93-71-74(95-78(83)65-61-57-53-49-43-28-24-20-16-12-8-4)69-89-76(81)63-59-55-51-47-44-40-31-27-23-19-15-11-7-3/h9-10,13-14,21-22,25-27,31-34,36-38,41,45-46,50,52,56,58,62,73-75,80H,5-8,11-12,15-20,23-24,28-30,35,39-40,42-44,47-49,51,53-55,57,59-61,63-72H2,1-4H3,(H,85,86)(H,87,88)/b13-9-,14-10-,25-21-,26-22-,31-27-,34-32-,37-36-,38-33-,45-41-,50-46-,56-52-,62-58-. The molecule has 0 bridgehead atoms. The number of unbranched alkanes of at least 4 members (excludes halogenated alkanes) is 19. The highest BCUT2D eigenvalue weighted by Gasteiger charge is 2.30. The smallest absolute Gasteiger partial charge is 0.462 e. The fourth-order valence-corrected chi connectivity index (χ4v) is 10.8. The van der Waals surface area contributed by atoms with E-state index in [0.717, 1.165) is 122 Å². The van der Waals surface area contributed by atoms with Gasteiger partial charge in [-0.05, 0) is 116 Å². The van der Waals surface area contributed by atoms with Gasteiger partial charge in [0.1, 0.15) is 19.3 Å². The van der Waals surface area contributed by atoms with Gasteiger partial charge in [0, 0.05) is 19.3 Å². The summed E-state index contributed by atoms with van der Waals surface area (Å²) < 4.78 is 68.1. The Morgan fingerprint density at radius 2 is 0.592 bits per heavy atom. The summed E-state index contributed by atoms with van der Waals surface area (Å²) in [6.07, 6.45) is 79.0. The van der Waals surface area contributed by atoms with Crippen molar-refractivity contribution in [2.45, 2.75) is 290 Å². The molecule has 0 saturated carbocycles. The zero-order chi connectivity index (χ0) is 71.8. The molecule has 558 valence electrons. The zero-order valence-corrected chi connectivity index (χ0v) is 62.4. The van der Waals surface area contributed by atoms with Crippen LogP contribution in [0.25, 0.3) is 0 Å². The zero-order valence-electron chi connectivity index (χ0n) is 60.7. The van der Waals surface area contributed by atoms with Crippen molar-refractivity contribution in [3.05, 3.63) is 146 Å². The first-order chi connectivity index (χ1) is 47.7. The number of aliphatic hydroxyl groups excluding tert-OH is 1. The van der Waals surface area contributed by atoms with E-state index < -0.39 is 97.5 Å². The van der Waals surface area contributed by atoms with Gasteiger partial charge in [-0.3, -0.25) is 37.3 Å². The summed E-state index contributed by atoms with van der Waals surface area (Å²) >= 11 is 0. The molecule has 0 radical (unpaired) electrons. The Labute approximate surface area is 592 Å². The number of rotatable bonds is 68. The molecule has 0 fully saturated rings. The SMILES string of the molecule is CC/C=C\C/C=C\C/C=C\C/C=C\C/C=C\C/C=C\CCC(=O)OCC(COP(=O)(O)OCC(O)COP(=O)(O)OCC(COC(=O)CCCCCCC/C=C\CCCCCC)OC(=O)CCCCCCCCCCCCC)OC(=O)C/C=C\C/C=C\C/C=C\C/C=C\C/C=C\CC. The summed E-state index contributed by atoms with van der Waals surface area (Å²) in [5, 5.41) is 10.6. The van der Waals surface area contributed by atoms with Gasteiger partial charge in [-0.2, -0.15) is 0 Å². The minimum atomic E-state index is -5.02. The average Bonchev–Trinajstić information content (AvgIpc) is 0.992. The van der Waals surface area contributed by atoms with Crippen LogP contribution in [0.4, 0.5) is 0 Å². The summed E-state index contributed by atoms with van der Waals surface area (Å²) in [7, 11) is -10.0. The van der Waals surface area contributed by atoms with E-state index in [1.165, 1.54) is 64.2 Å². The number of aliphatic hydroxyl groups is 1. The van der Waals surface area contributed by atoms with Gasteiger partial charge in [0.25, 0.3) is 0 Å². The van der Waals surface area contributed by atoms with Gasteiger partial charge >= 0.3 is 39.5 Å². The van der Waals surface area contributed by atoms with Crippen LogP contribution in [0.1, 0.15) is 272 Å². The van der Waals surface area contributed by atoms with Crippen LogP contribution < -0.4 is 0 Å². The van der Waals surface area contributed by atoms with Crippen LogP contribution in [0, 0.1) is 0 Å². The maximum atomic E-state index is 13.0. The molecule has 5 unspecified atom stereocenters. The Kier molecular flexibility index (Phi) is 66.7. The van der Waals surface area contributed by atoms with E-state index in [0.29, 0.717) is 32.1 Å². The first-order valence-corrected chi connectivity index (χ1v) is 40.1. The number of ether oxygens (including phenoxy) is 4. The van der Waals surface area contributed by atoms with E-state index in [1.54, 1.807) is 12.2 Å². The first kappa shape index (κ1) is 92.9. The van der Waals surface area contributed by atoms with Crippen LogP contribution >= 0.6 is 15.6 Å². The monoisotopic (exact) mass is 1410 g/mol. The molecule has 0 aliphatic rings. The Morgan fingerprint density at radius 3 is 0.980 bits per heavy atom. The number of hydrogen-bond acceptors (Lipinski definition) is 15. The van der Waals surface area contributed by atoms with E-state index in [2.05, 4.69) is 131 Å². The molecule has 0 aliphatic carbocycles. The van der Waals surface area contributed by atoms with Crippen LogP contribution in [0.5, 0.6) is 0 Å². The molecular formula is C79H130O17P2. The highest BCUT2D eigenvalue weighted by atomic mass is 31.2. The molecule has 0 heterocycles. The van der Waals surface area contributed by atoms with E-state index in [1.807, 2.05) is 30.4 Å². The van der Waals surface area contributed by atoms with Gasteiger partial charge in [-0.1, -0.05) is 276 Å². The fourth-order valence-electron chi connectivity index (χ4n) is 9.26. The maximum absolute atomic E-state index is 13.0. The number of carbonyl (C=O) groups excluding carboxylic acids is 4. The number of allylic oxidation sites excluding steroid dienone is 23. The van der Waals surface area contributed by atoms with Crippen molar-refractivity contribution in [2.24, 2.45) is 0 Å². The molecule has 17 nitrogen and oxygen atoms in total. The number of carbonyl (C=O) groups is 4. The lowest BCUT2D eigenvalue weighted by Gasteiger charge is -2.21. The predicted octanol–water partition coefficient (Wildman–Crippen LogP) is 21.1. The van der Waals surface area contributed by atoms with Crippen LogP contribution in [-0.2, 0) is 65.4 Å². The molecular weight excluding hydrogens is 1280 g/mol. The molecule has 0 rings (SSSR count).